The summed E-state index contributed by atoms with van der Waals surface area (Å²) in [7, 11) is 0. The predicted molar refractivity (Wildman–Crippen MR) is 121 cm³/mol. The molecule has 158 valence electrons. The summed E-state index contributed by atoms with van der Waals surface area (Å²) in [6.45, 7) is 2.19. The van der Waals surface area contributed by atoms with Crippen molar-refractivity contribution in [3.05, 3.63) is 81.4 Å². The Morgan fingerprint density at radius 3 is 2.23 bits per heavy atom. The highest BCUT2D eigenvalue weighted by atomic mass is 35.5. The molecule has 1 atom stereocenters. The molecular formula is C22H21Cl2NO4S. The first-order valence-electron chi connectivity index (χ1n) is 9.39. The van der Waals surface area contributed by atoms with E-state index in [4.69, 9.17) is 33.4 Å². The van der Waals surface area contributed by atoms with Crippen LogP contribution < -0.4 is 5.32 Å². The molecule has 1 saturated heterocycles. The minimum absolute atomic E-state index is 0.249. The van der Waals surface area contributed by atoms with Crippen LogP contribution in [-0.4, -0.2) is 35.2 Å². The monoisotopic (exact) mass is 465 g/mol. The Bertz CT molecular complexity index is 957. The standard InChI is InChI=1S/C18H17Cl2NS.C4H4O4/c19-15-6-5-12(11-16(15)20)17-13-3-1-2-4-14(13)18(22-17)7-9-21-10-8-18;5-3(6)1-2-4(7)8/h1-6,11,17,21H,7-10H2;1-2H,(H,5,6)(H,7,8). The second-order valence-corrected chi connectivity index (χ2v) is 9.32. The van der Waals surface area contributed by atoms with Crippen LogP contribution in [-0.2, 0) is 14.3 Å². The van der Waals surface area contributed by atoms with Gasteiger partial charge in [0.2, 0.25) is 0 Å². The molecule has 0 bridgehead atoms. The molecule has 2 aliphatic heterocycles. The third kappa shape index (κ3) is 5.19. The van der Waals surface area contributed by atoms with E-state index in [0.29, 0.717) is 27.4 Å². The summed E-state index contributed by atoms with van der Waals surface area (Å²) in [6, 6.07) is 14.9. The van der Waals surface area contributed by atoms with E-state index in [0.717, 1.165) is 13.1 Å². The first-order valence-corrected chi connectivity index (χ1v) is 11.0. The summed E-state index contributed by atoms with van der Waals surface area (Å²) < 4.78 is 0.249. The van der Waals surface area contributed by atoms with Crippen LogP contribution in [0.15, 0.2) is 54.6 Å². The number of piperidine rings is 1. The van der Waals surface area contributed by atoms with Gasteiger partial charge in [-0.3, -0.25) is 0 Å². The Morgan fingerprint density at radius 1 is 1.00 bits per heavy atom. The molecule has 8 heteroatoms. The third-order valence-electron chi connectivity index (χ3n) is 5.10. The lowest BCUT2D eigenvalue weighted by atomic mass is 9.85. The van der Waals surface area contributed by atoms with E-state index < -0.39 is 11.9 Å². The van der Waals surface area contributed by atoms with Crippen LogP contribution in [0.5, 0.6) is 0 Å². The molecule has 2 aromatic carbocycles. The van der Waals surface area contributed by atoms with Gasteiger partial charge in [-0.25, -0.2) is 9.59 Å². The summed E-state index contributed by atoms with van der Waals surface area (Å²) in [5.74, 6) is -2.51. The Hall–Kier alpha value is -1.99. The summed E-state index contributed by atoms with van der Waals surface area (Å²) in [4.78, 5) is 19.1. The SMILES string of the molecule is Clc1ccc(C2SC3(CCNCC3)c3ccccc32)cc1Cl.O=C(O)C=CC(=O)O. The normalized spacial score (nSPS) is 19.2. The average Bonchev–Trinajstić information content (AvgIpc) is 3.04. The summed E-state index contributed by atoms with van der Waals surface area (Å²) >= 11 is 14.4. The van der Waals surface area contributed by atoms with Gasteiger partial charge in [0.25, 0.3) is 0 Å². The van der Waals surface area contributed by atoms with Gasteiger partial charge in [0.1, 0.15) is 0 Å². The lowest BCUT2D eigenvalue weighted by Gasteiger charge is -2.34. The van der Waals surface area contributed by atoms with Crippen LogP contribution in [0.25, 0.3) is 0 Å². The van der Waals surface area contributed by atoms with E-state index in [1.807, 2.05) is 12.1 Å². The largest absolute Gasteiger partial charge is 0.478 e. The number of nitrogens with one attached hydrogen (secondary N) is 1. The fourth-order valence-electron chi connectivity index (χ4n) is 3.78. The van der Waals surface area contributed by atoms with E-state index in [9.17, 15) is 9.59 Å². The number of fused-ring (bicyclic) bond motifs is 2. The molecule has 0 aliphatic carbocycles. The Morgan fingerprint density at radius 2 is 1.63 bits per heavy atom. The van der Waals surface area contributed by atoms with E-state index in [1.165, 1.54) is 29.5 Å². The van der Waals surface area contributed by atoms with Crippen LogP contribution in [0.3, 0.4) is 0 Å². The molecule has 0 aromatic heterocycles. The number of halogens is 2. The molecule has 1 unspecified atom stereocenters. The van der Waals surface area contributed by atoms with Crippen LogP contribution in [0.2, 0.25) is 10.0 Å². The molecule has 30 heavy (non-hydrogen) atoms. The number of carboxylic acid groups (broad SMARTS) is 2. The Labute approximate surface area is 189 Å². The number of hydrogen-bond acceptors (Lipinski definition) is 4. The molecule has 0 amide bonds. The van der Waals surface area contributed by atoms with E-state index in [2.05, 4.69) is 47.4 Å². The van der Waals surface area contributed by atoms with Gasteiger partial charge in [-0.15, -0.1) is 11.8 Å². The number of rotatable bonds is 3. The molecule has 3 N–H and O–H groups in total. The quantitative estimate of drug-likeness (QED) is 0.545. The molecule has 1 spiro atoms. The van der Waals surface area contributed by atoms with Crippen LogP contribution in [0, 0.1) is 0 Å². The predicted octanol–water partition coefficient (Wildman–Crippen LogP) is 5.12. The van der Waals surface area contributed by atoms with E-state index in [-0.39, 0.29) is 4.75 Å². The number of carboxylic acids is 2. The van der Waals surface area contributed by atoms with Crippen molar-refractivity contribution < 1.29 is 19.8 Å². The minimum Gasteiger partial charge on any atom is -0.478 e. The van der Waals surface area contributed by atoms with Crippen molar-refractivity contribution >= 4 is 46.9 Å². The molecule has 0 saturated carbocycles. The Balaban J connectivity index is 0.000000275. The molecule has 2 aromatic rings. The van der Waals surface area contributed by atoms with Crippen LogP contribution in [0.1, 0.15) is 34.8 Å². The Kier molecular flexibility index (Phi) is 7.47. The number of benzene rings is 2. The topological polar surface area (TPSA) is 86.6 Å². The average molecular weight is 466 g/mol. The van der Waals surface area contributed by atoms with Crippen molar-refractivity contribution in [1.82, 2.24) is 5.32 Å². The second kappa shape index (κ2) is 9.88. The number of hydrogen-bond donors (Lipinski definition) is 3. The van der Waals surface area contributed by atoms with Crippen molar-refractivity contribution in [3.63, 3.8) is 0 Å². The molecule has 5 nitrogen and oxygen atoms in total. The smallest absolute Gasteiger partial charge is 0.328 e. The molecule has 1 fully saturated rings. The third-order valence-corrected chi connectivity index (χ3v) is 7.68. The number of carbonyl (C=O) groups is 2. The summed E-state index contributed by atoms with van der Waals surface area (Å²) in [5.41, 5.74) is 4.20. The summed E-state index contributed by atoms with van der Waals surface area (Å²) in [6.07, 6.45) is 3.49. The van der Waals surface area contributed by atoms with E-state index in [1.54, 1.807) is 0 Å². The number of aliphatic carboxylic acids is 2. The van der Waals surface area contributed by atoms with Gasteiger partial charge in [0.15, 0.2) is 0 Å². The van der Waals surface area contributed by atoms with Gasteiger partial charge >= 0.3 is 11.9 Å². The van der Waals surface area contributed by atoms with Crippen molar-refractivity contribution in [1.29, 1.82) is 0 Å². The van der Waals surface area contributed by atoms with Gasteiger partial charge < -0.3 is 15.5 Å². The zero-order chi connectivity index (χ0) is 21.7. The highest BCUT2D eigenvalue weighted by Crippen LogP contribution is 2.60. The maximum atomic E-state index is 9.55. The molecule has 2 heterocycles. The molecular weight excluding hydrogens is 445 g/mol. The highest BCUT2D eigenvalue weighted by molar-refractivity contribution is 8.01. The van der Waals surface area contributed by atoms with Crippen LogP contribution in [0.4, 0.5) is 0 Å². The maximum Gasteiger partial charge on any atom is 0.328 e. The van der Waals surface area contributed by atoms with Crippen LogP contribution >= 0.6 is 35.0 Å². The number of thioether (sulfide) groups is 1. The molecule has 4 rings (SSSR count). The zero-order valence-corrected chi connectivity index (χ0v) is 18.3. The molecule has 0 radical (unpaired) electrons. The van der Waals surface area contributed by atoms with Crippen molar-refractivity contribution in [3.8, 4) is 0 Å². The van der Waals surface area contributed by atoms with Gasteiger partial charge in [-0.1, -0.05) is 53.5 Å². The van der Waals surface area contributed by atoms with Crippen molar-refractivity contribution in [2.45, 2.75) is 22.8 Å². The van der Waals surface area contributed by atoms with Gasteiger partial charge in [0.05, 0.1) is 15.3 Å². The fourth-order valence-corrected chi connectivity index (χ4v) is 5.90. The van der Waals surface area contributed by atoms with Crippen molar-refractivity contribution in [2.75, 3.05) is 13.1 Å². The zero-order valence-electron chi connectivity index (χ0n) is 16.0. The van der Waals surface area contributed by atoms with Gasteiger partial charge in [-0.05, 0) is 54.8 Å². The van der Waals surface area contributed by atoms with Gasteiger partial charge in [-0.2, -0.15) is 0 Å². The van der Waals surface area contributed by atoms with Gasteiger partial charge in [0, 0.05) is 16.9 Å². The van der Waals surface area contributed by atoms with Crippen molar-refractivity contribution in [2.24, 2.45) is 0 Å². The highest BCUT2D eigenvalue weighted by Gasteiger charge is 2.45. The molecule has 2 aliphatic rings. The van der Waals surface area contributed by atoms with E-state index >= 15 is 0 Å². The second-order valence-electron chi connectivity index (χ2n) is 7.01. The fraction of sp³-hybridized carbons (Fsp3) is 0.273. The summed E-state index contributed by atoms with van der Waals surface area (Å²) in [5, 5.41) is 20.7. The lowest BCUT2D eigenvalue weighted by molar-refractivity contribution is -0.134. The first kappa shape index (κ1) is 22.7. The maximum absolute atomic E-state index is 9.55. The lowest BCUT2D eigenvalue weighted by Crippen LogP contribution is -2.36. The first-order chi connectivity index (χ1) is 14.3. The minimum atomic E-state index is -1.26.